The molecule has 0 unspecified atom stereocenters. The van der Waals surface area contributed by atoms with Crippen molar-refractivity contribution in [3.05, 3.63) is 24.4 Å². The average Bonchev–Trinajstić information content (AvgIpc) is 2.68. The number of rotatable bonds is 4. The molecular formula is C20H30N4O2. The summed E-state index contributed by atoms with van der Waals surface area (Å²) in [7, 11) is 0. The highest BCUT2D eigenvalue weighted by Gasteiger charge is 2.31. The molecule has 6 heteroatoms. The van der Waals surface area contributed by atoms with Gasteiger partial charge >= 0.3 is 0 Å². The Bertz CT molecular complexity index is 603. The highest BCUT2D eigenvalue weighted by Crippen LogP contribution is 2.22. The first-order valence-electron chi connectivity index (χ1n) is 9.77. The van der Waals surface area contributed by atoms with Crippen LogP contribution in [0, 0.1) is 11.8 Å². The lowest BCUT2D eigenvalue weighted by Crippen LogP contribution is -2.52. The van der Waals surface area contributed by atoms with Gasteiger partial charge in [-0.3, -0.25) is 9.59 Å². The number of piperidine rings is 1. The van der Waals surface area contributed by atoms with E-state index < -0.39 is 0 Å². The normalized spacial score (nSPS) is 19.1. The molecule has 2 amide bonds. The number of aromatic nitrogens is 1. The van der Waals surface area contributed by atoms with Crippen LogP contribution in [0.4, 0.5) is 5.82 Å². The molecule has 2 saturated heterocycles. The first kappa shape index (κ1) is 18.7. The Morgan fingerprint density at radius 1 is 1.04 bits per heavy atom. The maximum Gasteiger partial charge on any atom is 0.225 e. The second-order valence-electron chi connectivity index (χ2n) is 7.75. The molecule has 2 aliphatic rings. The van der Waals surface area contributed by atoms with E-state index >= 15 is 0 Å². The van der Waals surface area contributed by atoms with Gasteiger partial charge in [-0.1, -0.05) is 19.9 Å². The van der Waals surface area contributed by atoms with E-state index in [1.54, 1.807) is 6.20 Å². The number of amides is 2. The molecule has 0 saturated carbocycles. The third kappa shape index (κ3) is 4.54. The molecule has 142 valence electrons. The fourth-order valence-electron chi connectivity index (χ4n) is 3.81. The smallest absolute Gasteiger partial charge is 0.225 e. The zero-order valence-corrected chi connectivity index (χ0v) is 15.9. The van der Waals surface area contributed by atoms with E-state index in [1.807, 2.05) is 28.0 Å². The van der Waals surface area contributed by atoms with E-state index in [1.165, 1.54) is 0 Å². The molecule has 0 atom stereocenters. The van der Waals surface area contributed by atoms with Gasteiger partial charge < -0.3 is 14.7 Å². The van der Waals surface area contributed by atoms with Crippen molar-refractivity contribution in [2.75, 3.05) is 44.2 Å². The second kappa shape index (κ2) is 8.52. The van der Waals surface area contributed by atoms with E-state index in [4.69, 9.17) is 0 Å². The number of nitrogens with zero attached hydrogens (tertiary/aromatic N) is 4. The number of hydrogen-bond donors (Lipinski definition) is 0. The summed E-state index contributed by atoms with van der Waals surface area (Å²) in [5.74, 6) is 1.94. The minimum atomic E-state index is 0.0690. The zero-order valence-electron chi connectivity index (χ0n) is 15.9. The first-order valence-corrected chi connectivity index (χ1v) is 9.77. The summed E-state index contributed by atoms with van der Waals surface area (Å²) in [4.78, 5) is 35.6. The maximum absolute atomic E-state index is 12.8. The number of anilines is 1. The number of pyridine rings is 1. The lowest BCUT2D eigenvalue weighted by Gasteiger charge is -2.39. The Hall–Kier alpha value is -2.11. The van der Waals surface area contributed by atoms with Gasteiger partial charge in [0.25, 0.3) is 0 Å². The van der Waals surface area contributed by atoms with Crippen molar-refractivity contribution in [3.8, 4) is 0 Å². The van der Waals surface area contributed by atoms with Crippen LogP contribution in [0.15, 0.2) is 24.4 Å². The number of carbonyl (C=O) groups excluding carboxylic acids is 2. The third-order valence-corrected chi connectivity index (χ3v) is 5.34. The largest absolute Gasteiger partial charge is 0.353 e. The van der Waals surface area contributed by atoms with Crippen molar-refractivity contribution in [2.45, 2.75) is 33.1 Å². The molecule has 1 aromatic rings. The van der Waals surface area contributed by atoms with Crippen molar-refractivity contribution < 1.29 is 9.59 Å². The molecule has 3 heterocycles. The van der Waals surface area contributed by atoms with Crippen LogP contribution in [-0.2, 0) is 9.59 Å². The molecule has 26 heavy (non-hydrogen) atoms. The van der Waals surface area contributed by atoms with Crippen LogP contribution < -0.4 is 4.90 Å². The third-order valence-electron chi connectivity index (χ3n) is 5.34. The summed E-state index contributed by atoms with van der Waals surface area (Å²) < 4.78 is 0. The molecular weight excluding hydrogens is 328 g/mol. The van der Waals surface area contributed by atoms with Gasteiger partial charge in [-0.15, -0.1) is 0 Å². The van der Waals surface area contributed by atoms with E-state index in [-0.39, 0.29) is 17.7 Å². The molecule has 0 bridgehead atoms. The van der Waals surface area contributed by atoms with Crippen molar-refractivity contribution >= 4 is 17.6 Å². The van der Waals surface area contributed by atoms with Gasteiger partial charge in [-0.2, -0.15) is 0 Å². The molecule has 1 aromatic heterocycles. The van der Waals surface area contributed by atoms with Gasteiger partial charge in [-0.05, 0) is 30.9 Å². The Morgan fingerprint density at radius 2 is 1.73 bits per heavy atom. The minimum absolute atomic E-state index is 0.0690. The van der Waals surface area contributed by atoms with Crippen molar-refractivity contribution in [3.63, 3.8) is 0 Å². The van der Waals surface area contributed by atoms with Crippen LogP contribution in [-0.4, -0.2) is 65.9 Å². The van der Waals surface area contributed by atoms with Crippen LogP contribution in [0.5, 0.6) is 0 Å². The Kier molecular flexibility index (Phi) is 6.12. The highest BCUT2D eigenvalue weighted by molar-refractivity contribution is 5.80. The Labute approximate surface area is 156 Å². The van der Waals surface area contributed by atoms with Crippen LogP contribution in [0.1, 0.15) is 33.1 Å². The fourth-order valence-corrected chi connectivity index (χ4v) is 3.81. The van der Waals surface area contributed by atoms with E-state index in [0.717, 1.165) is 57.9 Å². The SMILES string of the molecule is CC(C)CC(=O)N1CCC(C(=O)N2CCN(c3ccccn3)CC2)CC1. The molecule has 6 nitrogen and oxygen atoms in total. The Balaban J connectivity index is 1.45. The van der Waals surface area contributed by atoms with Gasteiger partial charge in [0.2, 0.25) is 11.8 Å². The van der Waals surface area contributed by atoms with Gasteiger partial charge in [0.05, 0.1) is 0 Å². The second-order valence-corrected chi connectivity index (χ2v) is 7.75. The molecule has 0 aromatic carbocycles. The summed E-state index contributed by atoms with van der Waals surface area (Å²) in [6.45, 7) is 8.73. The highest BCUT2D eigenvalue weighted by atomic mass is 16.2. The summed E-state index contributed by atoms with van der Waals surface area (Å²) in [6, 6.07) is 5.93. The van der Waals surface area contributed by atoms with Crippen LogP contribution in [0.25, 0.3) is 0 Å². The van der Waals surface area contributed by atoms with Gasteiger partial charge in [0.15, 0.2) is 0 Å². The lowest BCUT2D eigenvalue weighted by atomic mass is 9.94. The van der Waals surface area contributed by atoms with E-state index in [0.29, 0.717) is 12.3 Å². The molecule has 2 fully saturated rings. The van der Waals surface area contributed by atoms with Gasteiger partial charge in [0, 0.05) is 57.8 Å². The zero-order chi connectivity index (χ0) is 18.5. The topological polar surface area (TPSA) is 56.8 Å². The number of piperazine rings is 1. The molecule has 0 radical (unpaired) electrons. The van der Waals surface area contributed by atoms with Crippen molar-refractivity contribution in [1.29, 1.82) is 0 Å². The summed E-state index contributed by atoms with van der Waals surface area (Å²) in [5.41, 5.74) is 0. The van der Waals surface area contributed by atoms with Gasteiger partial charge in [0.1, 0.15) is 5.82 Å². The standard InChI is InChI=1S/C20H30N4O2/c1-16(2)15-19(25)23-9-6-17(7-10-23)20(26)24-13-11-22(12-14-24)18-5-3-4-8-21-18/h3-5,8,16-17H,6-7,9-15H2,1-2H3. The van der Waals surface area contributed by atoms with E-state index in [9.17, 15) is 9.59 Å². The predicted octanol–water partition coefficient (Wildman–Crippen LogP) is 2.01. The number of likely N-dealkylation sites (tertiary alicyclic amines) is 1. The summed E-state index contributed by atoms with van der Waals surface area (Å²) >= 11 is 0. The molecule has 0 aliphatic carbocycles. The minimum Gasteiger partial charge on any atom is -0.353 e. The predicted molar refractivity (Wildman–Crippen MR) is 102 cm³/mol. The number of hydrogen-bond acceptors (Lipinski definition) is 4. The van der Waals surface area contributed by atoms with E-state index in [2.05, 4.69) is 23.7 Å². The quantitative estimate of drug-likeness (QED) is 0.826. The first-order chi connectivity index (χ1) is 12.5. The van der Waals surface area contributed by atoms with Gasteiger partial charge in [-0.25, -0.2) is 4.98 Å². The van der Waals surface area contributed by atoms with Crippen molar-refractivity contribution in [1.82, 2.24) is 14.8 Å². The van der Waals surface area contributed by atoms with Crippen LogP contribution in [0.3, 0.4) is 0 Å². The average molecular weight is 358 g/mol. The maximum atomic E-state index is 12.8. The fraction of sp³-hybridized carbons (Fsp3) is 0.650. The van der Waals surface area contributed by atoms with Crippen LogP contribution >= 0.6 is 0 Å². The Morgan fingerprint density at radius 3 is 2.31 bits per heavy atom. The molecule has 0 N–H and O–H groups in total. The molecule has 3 rings (SSSR count). The van der Waals surface area contributed by atoms with Crippen LogP contribution in [0.2, 0.25) is 0 Å². The summed E-state index contributed by atoms with van der Waals surface area (Å²) in [6.07, 6.45) is 4.00. The lowest BCUT2D eigenvalue weighted by molar-refractivity contribution is -0.141. The molecule has 0 spiro atoms. The molecule has 2 aliphatic heterocycles. The number of carbonyl (C=O) groups is 2. The summed E-state index contributed by atoms with van der Waals surface area (Å²) in [5, 5.41) is 0. The monoisotopic (exact) mass is 358 g/mol. The van der Waals surface area contributed by atoms with Crippen molar-refractivity contribution in [2.24, 2.45) is 11.8 Å².